The van der Waals surface area contributed by atoms with Crippen LogP contribution in [-0.2, 0) is 6.42 Å². The lowest BCUT2D eigenvalue weighted by atomic mass is 9.86. The summed E-state index contributed by atoms with van der Waals surface area (Å²) < 4.78 is 0. The number of hydrogen-bond acceptors (Lipinski definition) is 2. The topological polar surface area (TPSA) is 23.5 Å². The van der Waals surface area contributed by atoms with Crippen LogP contribution in [0.1, 0.15) is 50.3 Å². The van der Waals surface area contributed by atoms with Crippen LogP contribution in [0.25, 0.3) is 0 Å². The van der Waals surface area contributed by atoms with Crippen molar-refractivity contribution in [3.63, 3.8) is 0 Å². The lowest BCUT2D eigenvalue weighted by Crippen LogP contribution is -2.31. The van der Waals surface area contributed by atoms with Crippen LogP contribution < -0.4 is 0 Å². The van der Waals surface area contributed by atoms with Gasteiger partial charge >= 0.3 is 0 Å². The van der Waals surface area contributed by atoms with E-state index in [-0.39, 0.29) is 0 Å². The van der Waals surface area contributed by atoms with Gasteiger partial charge in [0, 0.05) is 6.04 Å². The largest absolute Gasteiger partial charge is 0.508 e. The van der Waals surface area contributed by atoms with Crippen LogP contribution in [0.5, 0.6) is 5.75 Å². The molecule has 0 spiro atoms. The summed E-state index contributed by atoms with van der Waals surface area (Å²) >= 11 is 0. The highest BCUT2D eigenvalue weighted by molar-refractivity contribution is 5.38. The zero-order chi connectivity index (χ0) is 12.3. The van der Waals surface area contributed by atoms with Crippen molar-refractivity contribution in [1.82, 2.24) is 4.90 Å². The molecule has 0 aliphatic heterocycles. The molecule has 2 rings (SSSR count). The molecule has 0 fully saturated rings. The molecule has 1 unspecified atom stereocenters. The number of nitrogens with zero attached hydrogens (tertiary/aromatic N) is 1. The SMILES string of the molecule is CCCN(CC)C1CCCc2cc(O)ccc21. The van der Waals surface area contributed by atoms with E-state index in [2.05, 4.69) is 24.8 Å². The van der Waals surface area contributed by atoms with Gasteiger partial charge in [0.1, 0.15) is 5.75 Å². The second kappa shape index (κ2) is 5.54. The summed E-state index contributed by atoms with van der Waals surface area (Å²) in [4.78, 5) is 2.56. The van der Waals surface area contributed by atoms with Gasteiger partial charge in [0.05, 0.1) is 0 Å². The summed E-state index contributed by atoms with van der Waals surface area (Å²) in [7, 11) is 0. The summed E-state index contributed by atoms with van der Waals surface area (Å²) in [5, 5.41) is 9.56. The number of phenols is 1. The molecule has 0 heterocycles. The molecule has 17 heavy (non-hydrogen) atoms. The Morgan fingerprint density at radius 1 is 1.35 bits per heavy atom. The van der Waals surface area contributed by atoms with Crippen LogP contribution in [-0.4, -0.2) is 23.1 Å². The molecule has 1 aliphatic carbocycles. The molecule has 2 nitrogen and oxygen atoms in total. The van der Waals surface area contributed by atoms with Crippen LogP contribution >= 0.6 is 0 Å². The van der Waals surface area contributed by atoms with E-state index >= 15 is 0 Å². The molecule has 0 amide bonds. The van der Waals surface area contributed by atoms with Crippen LogP contribution in [0.2, 0.25) is 0 Å². The third-order valence-electron chi connectivity index (χ3n) is 3.77. The summed E-state index contributed by atoms with van der Waals surface area (Å²) in [6, 6.07) is 6.45. The van der Waals surface area contributed by atoms with E-state index in [0.717, 1.165) is 13.0 Å². The highest BCUT2D eigenvalue weighted by Gasteiger charge is 2.24. The van der Waals surface area contributed by atoms with Gasteiger partial charge in [-0.3, -0.25) is 4.90 Å². The maximum atomic E-state index is 9.56. The van der Waals surface area contributed by atoms with Crippen molar-refractivity contribution in [2.24, 2.45) is 0 Å². The van der Waals surface area contributed by atoms with Crippen molar-refractivity contribution in [3.05, 3.63) is 29.3 Å². The molecular formula is C15H23NO. The highest BCUT2D eigenvalue weighted by Crippen LogP contribution is 2.35. The fourth-order valence-corrected chi connectivity index (χ4v) is 2.98. The third-order valence-corrected chi connectivity index (χ3v) is 3.77. The first-order valence-electron chi connectivity index (χ1n) is 6.82. The number of aromatic hydroxyl groups is 1. The van der Waals surface area contributed by atoms with Gasteiger partial charge in [0.2, 0.25) is 0 Å². The molecule has 0 radical (unpaired) electrons. The van der Waals surface area contributed by atoms with Crippen molar-refractivity contribution in [2.75, 3.05) is 13.1 Å². The molecule has 0 bridgehead atoms. The monoisotopic (exact) mass is 233 g/mol. The molecule has 1 atom stereocenters. The Morgan fingerprint density at radius 2 is 2.18 bits per heavy atom. The normalized spacial score (nSPS) is 19.4. The minimum absolute atomic E-state index is 0.405. The molecular weight excluding hydrogens is 210 g/mol. The summed E-state index contributed by atoms with van der Waals surface area (Å²) in [5.74, 6) is 0.405. The first-order chi connectivity index (χ1) is 8.26. The Hall–Kier alpha value is -1.02. The predicted octanol–water partition coefficient (Wildman–Crippen LogP) is 3.50. The van der Waals surface area contributed by atoms with E-state index in [1.54, 1.807) is 0 Å². The maximum absolute atomic E-state index is 9.56. The number of benzene rings is 1. The minimum Gasteiger partial charge on any atom is -0.508 e. The summed E-state index contributed by atoms with van der Waals surface area (Å²) in [6.45, 7) is 6.76. The molecule has 1 aliphatic rings. The van der Waals surface area contributed by atoms with Crippen molar-refractivity contribution in [3.8, 4) is 5.75 Å². The Morgan fingerprint density at radius 3 is 2.88 bits per heavy atom. The van der Waals surface area contributed by atoms with Crippen LogP contribution in [0.3, 0.4) is 0 Å². The van der Waals surface area contributed by atoms with E-state index in [0.29, 0.717) is 11.8 Å². The minimum atomic E-state index is 0.405. The van der Waals surface area contributed by atoms with Crippen molar-refractivity contribution in [1.29, 1.82) is 0 Å². The second-order valence-corrected chi connectivity index (χ2v) is 4.92. The number of fused-ring (bicyclic) bond motifs is 1. The van der Waals surface area contributed by atoms with Gasteiger partial charge in [-0.1, -0.05) is 19.9 Å². The van der Waals surface area contributed by atoms with Crippen LogP contribution in [0.15, 0.2) is 18.2 Å². The van der Waals surface area contributed by atoms with Gasteiger partial charge in [-0.15, -0.1) is 0 Å². The quantitative estimate of drug-likeness (QED) is 0.860. The average molecular weight is 233 g/mol. The van der Waals surface area contributed by atoms with Crippen LogP contribution in [0, 0.1) is 0 Å². The van der Waals surface area contributed by atoms with Crippen molar-refractivity contribution >= 4 is 0 Å². The maximum Gasteiger partial charge on any atom is 0.115 e. The Labute approximate surface area is 104 Å². The molecule has 1 aromatic rings. The van der Waals surface area contributed by atoms with Crippen molar-refractivity contribution in [2.45, 2.75) is 45.6 Å². The summed E-state index contributed by atoms with van der Waals surface area (Å²) in [6.07, 6.45) is 4.81. The molecule has 0 saturated heterocycles. The number of phenolic OH excluding ortho intramolecular Hbond substituents is 1. The second-order valence-electron chi connectivity index (χ2n) is 4.92. The van der Waals surface area contributed by atoms with Crippen LogP contribution in [0.4, 0.5) is 0 Å². The number of rotatable bonds is 4. The average Bonchev–Trinajstić information content (AvgIpc) is 2.35. The molecule has 0 saturated carbocycles. The van der Waals surface area contributed by atoms with E-state index < -0.39 is 0 Å². The number of hydrogen-bond donors (Lipinski definition) is 1. The van der Waals surface area contributed by atoms with Gasteiger partial charge in [-0.25, -0.2) is 0 Å². The van der Waals surface area contributed by atoms with Gasteiger partial charge in [-0.05, 0) is 62.0 Å². The zero-order valence-corrected chi connectivity index (χ0v) is 10.9. The molecule has 1 N–H and O–H groups in total. The molecule has 0 aromatic heterocycles. The van der Waals surface area contributed by atoms with Gasteiger partial charge in [-0.2, -0.15) is 0 Å². The van der Waals surface area contributed by atoms with Gasteiger partial charge < -0.3 is 5.11 Å². The van der Waals surface area contributed by atoms with E-state index in [1.165, 1.54) is 36.9 Å². The smallest absolute Gasteiger partial charge is 0.115 e. The summed E-state index contributed by atoms with van der Waals surface area (Å²) in [5.41, 5.74) is 2.78. The Bertz CT molecular complexity index is 375. The highest BCUT2D eigenvalue weighted by atomic mass is 16.3. The molecule has 1 aromatic carbocycles. The first kappa shape index (κ1) is 12.4. The third kappa shape index (κ3) is 2.63. The fraction of sp³-hybridized carbons (Fsp3) is 0.600. The lowest BCUT2D eigenvalue weighted by Gasteiger charge is -2.35. The predicted molar refractivity (Wildman–Crippen MR) is 71.3 cm³/mol. The Balaban J connectivity index is 2.27. The van der Waals surface area contributed by atoms with Crippen molar-refractivity contribution < 1.29 is 5.11 Å². The molecule has 2 heteroatoms. The number of aryl methyl sites for hydroxylation is 1. The lowest BCUT2D eigenvalue weighted by molar-refractivity contribution is 0.188. The van der Waals surface area contributed by atoms with Gasteiger partial charge in [0.15, 0.2) is 0 Å². The van der Waals surface area contributed by atoms with E-state index in [1.807, 2.05) is 12.1 Å². The van der Waals surface area contributed by atoms with E-state index in [9.17, 15) is 5.11 Å². The van der Waals surface area contributed by atoms with E-state index in [4.69, 9.17) is 0 Å². The Kier molecular flexibility index (Phi) is 4.06. The zero-order valence-electron chi connectivity index (χ0n) is 10.9. The standard InChI is InChI=1S/C15H23NO/c1-3-10-16(4-2)15-7-5-6-12-11-13(17)8-9-14(12)15/h8-9,11,15,17H,3-7,10H2,1-2H3. The fourth-order valence-electron chi connectivity index (χ4n) is 2.98. The van der Waals surface area contributed by atoms with Gasteiger partial charge in [0.25, 0.3) is 0 Å². The first-order valence-corrected chi connectivity index (χ1v) is 6.82. The molecule has 94 valence electrons.